The Morgan fingerprint density at radius 3 is 2.72 bits per heavy atom. The van der Waals surface area contributed by atoms with Gasteiger partial charge in [-0.15, -0.1) is 0 Å². The van der Waals surface area contributed by atoms with Gasteiger partial charge in [0.1, 0.15) is 0 Å². The van der Waals surface area contributed by atoms with Crippen molar-refractivity contribution in [2.24, 2.45) is 0 Å². The van der Waals surface area contributed by atoms with Gasteiger partial charge in [0.2, 0.25) is 5.91 Å². The molecule has 1 atom stereocenters. The molecule has 98 valence electrons. The predicted octanol–water partition coefficient (Wildman–Crippen LogP) is 2.41. The molecule has 0 aliphatic carbocycles. The minimum atomic E-state index is -0.0908. The zero-order valence-electron chi connectivity index (χ0n) is 11.5. The molecule has 1 fully saturated rings. The second kappa shape index (κ2) is 5.53. The van der Waals surface area contributed by atoms with Crippen LogP contribution >= 0.6 is 0 Å². The Kier molecular flexibility index (Phi) is 4.02. The minimum absolute atomic E-state index is 0.0908. The Bertz CT molecular complexity index is 442. The number of rotatable bonds is 1. The van der Waals surface area contributed by atoms with Crippen LogP contribution in [0.15, 0.2) is 18.2 Å². The van der Waals surface area contributed by atoms with Gasteiger partial charge in [-0.1, -0.05) is 6.07 Å². The largest absolute Gasteiger partial charge is 0.311 e. The molecular formula is C15H22N2O. The first-order valence-electron chi connectivity index (χ1n) is 6.71. The van der Waals surface area contributed by atoms with Gasteiger partial charge >= 0.3 is 0 Å². The molecule has 0 aromatic heterocycles. The van der Waals surface area contributed by atoms with E-state index in [4.69, 9.17) is 0 Å². The van der Waals surface area contributed by atoms with E-state index < -0.39 is 0 Å². The molecule has 1 heterocycles. The lowest BCUT2D eigenvalue weighted by Gasteiger charge is -2.29. The monoisotopic (exact) mass is 246 g/mol. The molecule has 1 saturated heterocycles. The van der Waals surface area contributed by atoms with Crippen LogP contribution in [0.2, 0.25) is 0 Å². The molecule has 1 aromatic carbocycles. The highest BCUT2D eigenvalue weighted by Gasteiger charge is 2.23. The number of carbonyl (C=O) groups is 1. The van der Waals surface area contributed by atoms with Crippen molar-refractivity contribution in [1.82, 2.24) is 5.32 Å². The number of hydrogen-bond donors (Lipinski definition) is 1. The molecular weight excluding hydrogens is 224 g/mol. The van der Waals surface area contributed by atoms with Crippen LogP contribution in [0.5, 0.6) is 0 Å². The quantitative estimate of drug-likeness (QED) is 0.825. The van der Waals surface area contributed by atoms with Crippen molar-refractivity contribution < 1.29 is 4.79 Å². The van der Waals surface area contributed by atoms with E-state index in [1.807, 2.05) is 11.8 Å². The Hall–Kier alpha value is -1.35. The average molecular weight is 246 g/mol. The van der Waals surface area contributed by atoms with E-state index in [9.17, 15) is 4.79 Å². The zero-order valence-corrected chi connectivity index (χ0v) is 11.5. The molecule has 0 bridgehead atoms. The summed E-state index contributed by atoms with van der Waals surface area (Å²) in [5.74, 6) is 0.179. The molecule has 1 aliphatic rings. The lowest BCUT2D eigenvalue weighted by molar-refractivity contribution is -0.120. The van der Waals surface area contributed by atoms with E-state index in [0.717, 1.165) is 31.6 Å². The van der Waals surface area contributed by atoms with Crippen molar-refractivity contribution in [2.75, 3.05) is 18.0 Å². The summed E-state index contributed by atoms with van der Waals surface area (Å²) in [5.41, 5.74) is 3.53. The van der Waals surface area contributed by atoms with E-state index in [1.165, 1.54) is 11.1 Å². The number of aryl methyl sites for hydroxylation is 2. The Morgan fingerprint density at radius 2 is 2.00 bits per heavy atom. The van der Waals surface area contributed by atoms with Crippen LogP contribution in [0.4, 0.5) is 5.69 Å². The number of hydrogen-bond acceptors (Lipinski definition) is 2. The van der Waals surface area contributed by atoms with E-state index in [-0.39, 0.29) is 11.9 Å². The van der Waals surface area contributed by atoms with Gasteiger partial charge in [-0.25, -0.2) is 0 Å². The van der Waals surface area contributed by atoms with Gasteiger partial charge in [-0.2, -0.15) is 0 Å². The van der Waals surface area contributed by atoms with Gasteiger partial charge in [0.15, 0.2) is 0 Å². The molecule has 1 aromatic rings. The maximum absolute atomic E-state index is 12.4. The molecule has 1 unspecified atom stereocenters. The first kappa shape index (κ1) is 13.1. The number of benzene rings is 1. The third-order valence-electron chi connectivity index (χ3n) is 3.70. The van der Waals surface area contributed by atoms with Gasteiger partial charge in [0.05, 0.1) is 6.04 Å². The topological polar surface area (TPSA) is 32.3 Å². The van der Waals surface area contributed by atoms with Crippen LogP contribution in [-0.4, -0.2) is 25.0 Å². The molecule has 18 heavy (non-hydrogen) atoms. The Balaban J connectivity index is 2.27. The van der Waals surface area contributed by atoms with E-state index >= 15 is 0 Å². The fourth-order valence-corrected chi connectivity index (χ4v) is 2.29. The van der Waals surface area contributed by atoms with E-state index in [2.05, 4.69) is 37.4 Å². The van der Waals surface area contributed by atoms with Crippen LogP contribution in [0, 0.1) is 13.8 Å². The van der Waals surface area contributed by atoms with E-state index in [1.54, 1.807) is 0 Å². The van der Waals surface area contributed by atoms with Crippen molar-refractivity contribution in [3.05, 3.63) is 29.3 Å². The van der Waals surface area contributed by atoms with Crippen molar-refractivity contribution in [1.29, 1.82) is 0 Å². The summed E-state index contributed by atoms with van der Waals surface area (Å²) < 4.78 is 0. The Labute approximate surface area is 109 Å². The number of nitrogens with one attached hydrogen (secondary N) is 1. The summed E-state index contributed by atoms with van der Waals surface area (Å²) in [7, 11) is 0. The van der Waals surface area contributed by atoms with Crippen LogP contribution in [-0.2, 0) is 4.79 Å². The van der Waals surface area contributed by atoms with Gasteiger partial charge in [0.25, 0.3) is 0 Å². The fourth-order valence-electron chi connectivity index (χ4n) is 2.29. The molecule has 2 rings (SSSR count). The Morgan fingerprint density at radius 1 is 1.22 bits per heavy atom. The fraction of sp³-hybridized carbons (Fsp3) is 0.533. The molecule has 1 N–H and O–H groups in total. The highest BCUT2D eigenvalue weighted by atomic mass is 16.2. The summed E-state index contributed by atoms with van der Waals surface area (Å²) >= 11 is 0. The maximum atomic E-state index is 12.4. The van der Waals surface area contributed by atoms with Crippen molar-refractivity contribution in [3.63, 3.8) is 0 Å². The third-order valence-corrected chi connectivity index (χ3v) is 3.70. The van der Waals surface area contributed by atoms with E-state index in [0.29, 0.717) is 0 Å². The molecule has 3 heteroatoms. The summed E-state index contributed by atoms with van der Waals surface area (Å²) in [5, 5.41) is 3.27. The predicted molar refractivity (Wildman–Crippen MR) is 75.0 cm³/mol. The molecule has 3 nitrogen and oxygen atoms in total. The standard InChI is InChI=1S/C15H22N2O/c1-11-6-7-14(10-12(11)2)17-9-5-4-8-16-13(3)15(17)18/h6-7,10,13,16H,4-5,8-9H2,1-3H3. The molecule has 0 radical (unpaired) electrons. The number of amides is 1. The first-order chi connectivity index (χ1) is 8.59. The lowest BCUT2D eigenvalue weighted by atomic mass is 10.1. The molecule has 0 saturated carbocycles. The summed E-state index contributed by atoms with van der Waals surface area (Å²) in [6.45, 7) is 7.90. The first-order valence-corrected chi connectivity index (χ1v) is 6.71. The zero-order chi connectivity index (χ0) is 13.1. The second-order valence-corrected chi connectivity index (χ2v) is 5.14. The van der Waals surface area contributed by atoms with Gasteiger partial charge in [0, 0.05) is 12.2 Å². The summed E-state index contributed by atoms with van der Waals surface area (Å²) in [4.78, 5) is 14.3. The second-order valence-electron chi connectivity index (χ2n) is 5.14. The van der Waals surface area contributed by atoms with Gasteiger partial charge < -0.3 is 10.2 Å². The van der Waals surface area contributed by atoms with Crippen molar-refractivity contribution in [2.45, 2.75) is 39.7 Å². The SMILES string of the molecule is Cc1ccc(N2CCCCNC(C)C2=O)cc1C. The number of anilines is 1. The highest BCUT2D eigenvalue weighted by Crippen LogP contribution is 2.21. The van der Waals surface area contributed by atoms with Gasteiger partial charge in [-0.3, -0.25) is 4.79 Å². The van der Waals surface area contributed by atoms with Crippen LogP contribution in [0.3, 0.4) is 0 Å². The minimum Gasteiger partial charge on any atom is -0.311 e. The van der Waals surface area contributed by atoms with Crippen molar-refractivity contribution in [3.8, 4) is 0 Å². The number of carbonyl (C=O) groups excluding carboxylic acids is 1. The molecule has 0 spiro atoms. The van der Waals surface area contributed by atoms with Crippen molar-refractivity contribution >= 4 is 11.6 Å². The smallest absolute Gasteiger partial charge is 0.243 e. The number of nitrogens with zero attached hydrogens (tertiary/aromatic N) is 1. The summed E-state index contributed by atoms with van der Waals surface area (Å²) in [6.07, 6.45) is 2.18. The molecule has 1 aliphatic heterocycles. The van der Waals surface area contributed by atoms with Gasteiger partial charge in [-0.05, 0) is 63.4 Å². The maximum Gasteiger partial charge on any atom is 0.243 e. The highest BCUT2D eigenvalue weighted by molar-refractivity contribution is 5.97. The molecule has 1 amide bonds. The summed E-state index contributed by atoms with van der Waals surface area (Å²) in [6, 6.07) is 6.16. The van der Waals surface area contributed by atoms with Crippen LogP contribution in [0.25, 0.3) is 0 Å². The third kappa shape index (κ3) is 2.72. The normalized spacial score (nSPS) is 21.6. The van der Waals surface area contributed by atoms with Crippen LogP contribution in [0.1, 0.15) is 30.9 Å². The van der Waals surface area contributed by atoms with Crippen LogP contribution < -0.4 is 10.2 Å². The average Bonchev–Trinajstić information content (AvgIpc) is 2.34. The lowest BCUT2D eigenvalue weighted by Crippen LogP contribution is -2.47.